The zero-order chi connectivity index (χ0) is 36.6. The number of carbonyl (C=O) groups is 7. The summed E-state index contributed by atoms with van der Waals surface area (Å²) >= 11 is 0. The summed E-state index contributed by atoms with van der Waals surface area (Å²) in [5.74, 6) is -2.63. The molecule has 0 spiro atoms. The van der Waals surface area contributed by atoms with Gasteiger partial charge in [0.1, 0.15) is 6.04 Å². The van der Waals surface area contributed by atoms with E-state index in [2.05, 4.69) is 21.3 Å². The van der Waals surface area contributed by atoms with Crippen molar-refractivity contribution >= 4 is 41.4 Å². The highest BCUT2D eigenvalue weighted by Crippen LogP contribution is 2.09. The summed E-state index contributed by atoms with van der Waals surface area (Å²) in [5, 5.41) is 10.6. The molecular formula is C32H54N6O11. The van der Waals surface area contributed by atoms with Crippen molar-refractivity contribution in [2.45, 2.75) is 65.5 Å². The van der Waals surface area contributed by atoms with Crippen LogP contribution in [0.2, 0.25) is 0 Å². The zero-order valence-electron chi connectivity index (χ0n) is 29.1. The molecule has 0 fully saturated rings. The van der Waals surface area contributed by atoms with Crippen LogP contribution in [0.3, 0.4) is 0 Å². The number of rotatable bonds is 28. The van der Waals surface area contributed by atoms with Gasteiger partial charge in [-0.2, -0.15) is 0 Å². The van der Waals surface area contributed by atoms with Crippen LogP contribution < -0.4 is 27.0 Å². The van der Waals surface area contributed by atoms with E-state index < -0.39 is 35.8 Å². The van der Waals surface area contributed by atoms with Crippen LogP contribution in [0.25, 0.3) is 0 Å². The monoisotopic (exact) mass is 698 g/mol. The predicted octanol–water partition coefficient (Wildman–Crippen LogP) is -0.827. The fraction of sp³-hybridized carbons (Fsp3) is 0.719. The highest BCUT2D eigenvalue weighted by atomic mass is 16.6. The van der Waals surface area contributed by atoms with E-state index in [9.17, 15) is 33.6 Å². The number of carbonyl (C=O) groups excluding carboxylic acids is 7. The van der Waals surface area contributed by atoms with Gasteiger partial charge >= 0.3 is 6.03 Å². The molecule has 0 aromatic heterocycles. The van der Waals surface area contributed by atoms with Crippen LogP contribution in [0.5, 0.6) is 0 Å². The van der Waals surface area contributed by atoms with Gasteiger partial charge < -0.3 is 45.9 Å². The van der Waals surface area contributed by atoms with E-state index in [-0.39, 0.29) is 75.2 Å². The molecule has 2 atom stereocenters. The Hall–Kier alpha value is -3.93. The number of urea groups is 1. The minimum absolute atomic E-state index is 0.0220. The van der Waals surface area contributed by atoms with Crippen LogP contribution in [-0.2, 0) is 47.7 Å². The Morgan fingerprint density at radius 1 is 0.714 bits per heavy atom. The topological polar surface area (TPSA) is 234 Å². The second kappa shape index (κ2) is 25.1. The summed E-state index contributed by atoms with van der Waals surface area (Å²) < 4.78 is 21.7. The molecule has 0 aromatic rings. The Morgan fingerprint density at radius 2 is 1.27 bits per heavy atom. The summed E-state index contributed by atoms with van der Waals surface area (Å²) in [5.41, 5.74) is 5.07. The second-order valence-corrected chi connectivity index (χ2v) is 11.8. The Kier molecular flexibility index (Phi) is 22.1. The van der Waals surface area contributed by atoms with E-state index in [4.69, 9.17) is 24.7 Å². The van der Waals surface area contributed by atoms with Gasteiger partial charge in [-0.05, 0) is 18.8 Å². The number of hydrogen-bond acceptors (Lipinski definition) is 11. The predicted molar refractivity (Wildman–Crippen MR) is 177 cm³/mol. The first-order valence-corrected chi connectivity index (χ1v) is 16.6. The molecule has 17 heteroatoms. The first-order valence-electron chi connectivity index (χ1n) is 16.6. The van der Waals surface area contributed by atoms with Gasteiger partial charge in [-0.25, -0.2) is 4.79 Å². The van der Waals surface area contributed by atoms with E-state index in [1.807, 2.05) is 0 Å². The van der Waals surface area contributed by atoms with Crippen molar-refractivity contribution < 1.29 is 52.5 Å². The molecule has 0 aliphatic carbocycles. The lowest BCUT2D eigenvalue weighted by molar-refractivity contribution is -0.137. The SMILES string of the molecule is CC(C)C(=O)[C@H](CCCNC(N)=O)NC(=O)[C@@H](NC(=O)CCOCCOCCOCCOCCNC(=O)CCN1C(=O)C=CC1=O)C(C)C. The molecule has 1 aliphatic heterocycles. The van der Waals surface area contributed by atoms with Crippen molar-refractivity contribution in [1.82, 2.24) is 26.2 Å². The maximum atomic E-state index is 13.0. The number of nitrogens with two attached hydrogens (primary N) is 1. The van der Waals surface area contributed by atoms with Crippen LogP contribution in [-0.4, -0.2) is 131 Å². The molecule has 0 aromatic carbocycles. The Labute approximate surface area is 287 Å². The molecule has 0 unspecified atom stereocenters. The van der Waals surface area contributed by atoms with Gasteiger partial charge in [-0.15, -0.1) is 0 Å². The second-order valence-electron chi connectivity index (χ2n) is 11.8. The molecule has 1 heterocycles. The summed E-state index contributed by atoms with van der Waals surface area (Å²) in [4.78, 5) is 84.9. The van der Waals surface area contributed by atoms with Crippen molar-refractivity contribution in [3.8, 4) is 0 Å². The van der Waals surface area contributed by atoms with Crippen LogP contribution in [0.1, 0.15) is 53.4 Å². The first-order chi connectivity index (χ1) is 23.3. The molecule has 7 amide bonds. The number of hydrogen-bond donors (Lipinski definition) is 5. The standard InChI is InChI=1S/C32H54N6O11/c1-22(2)29(31(44)36-24(30(43)23(3)4)6-5-11-35-32(33)45)37-26(40)10-14-46-16-18-48-20-21-49-19-17-47-15-12-34-25(39)9-13-38-27(41)7-8-28(38)42/h7-8,22-24,29H,5-6,9-21H2,1-4H3,(H,34,39)(H,36,44)(H,37,40)(H3,33,35,45)/t24-,29-/m0/s1. The zero-order valence-corrected chi connectivity index (χ0v) is 29.1. The van der Waals surface area contributed by atoms with Crippen molar-refractivity contribution in [3.05, 3.63) is 12.2 Å². The molecule has 278 valence electrons. The van der Waals surface area contributed by atoms with Gasteiger partial charge in [0.2, 0.25) is 17.7 Å². The van der Waals surface area contributed by atoms with E-state index in [0.29, 0.717) is 52.4 Å². The lowest BCUT2D eigenvalue weighted by Gasteiger charge is -2.26. The third-order valence-electron chi connectivity index (χ3n) is 7.08. The Morgan fingerprint density at radius 3 is 1.80 bits per heavy atom. The number of Topliss-reactive ketones (excluding diaryl/α,β-unsaturated/α-hetero) is 1. The maximum absolute atomic E-state index is 13.0. The van der Waals surface area contributed by atoms with Gasteiger partial charge in [-0.1, -0.05) is 27.7 Å². The fourth-order valence-electron chi connectivity index (χ4n) is 4.39. The molecule has 0 saturated heterocycles. The van der Waals surface area contributed by atoms with Crippen molar-refractivity contribution in [1.29, 1.82) is 0 Å². The van der Waals surface area contributed by atoms with Gasteiger partial charge in [0.25, 0.3) is 11.8 Å². The molecule has 17 nitrogen and oxygen atoms in total. The van der Waals surface area contributed by atoms with Crippen LogP contribution in [0.4, 0.5) is 4.79 Å². The molecule has 1 rings (SSSR count). The van der Waals surface area contributed by atoms with Crippen LogP contribution >= 0.6 is 0 Å². The number of amides is 7. The number of imide groups is 1. The molecule has 0 radical (unpaired) electrons. The number of primary amides is 1. The summed E-state index contributed by atoms with van der Waals surface area (Å²) in [6.07, 6.45) is 3.17. The smallest absolute Gasteiger partial charge is 0.312 e. The fourth-order valence-corrected chi connectivity index (χ4v) is 4.39. The van der Waals surface area contributed by atoms with Gasteiger partial charge in [0.05, 0.1) is 58.9 Å². The normalized spacial score (nSPS) is 13.9. The number of nitrogens with zero attached hydrogens (tertiary/aromatic N) is 1. The van der Waals surface area contributed by atoms with E-state index in [1.165, 1.54) is 12.2 Å². The molecule has 6 N–H and O–H groups in total. The highest BCUT2D eigenvalue weighted by Gasteiger charge is 2.29. The Bertz CT molecular complexity index is 1100. The van der Waals surface area contributed by atoms with E-state index in [0.717, 1.165) is 4.90 Å². The first kappa shape index (κ1) is 43.1. The maximum Gasteiger partial charge on any atom is 0.312 e. The lowest BCUT2D eigenvalue weighted by atomic mass is 9.96. The average molecular weight is 699 g/mol. The highest BCUT2D eigenvalue weighted by molar-refractivity contribution is 6.13. The molecular weight excluding hydrogens is 644 g/mol. The summed E-state index contributed by atoms with van der Waals surface area (Å²) in [6.45, 7) is 10.0. The van der Waals surface area contributed by atoms with Gasteiger partial charge in [0, 0.05) is 50.5 Å². The molecule has 0 bridgehead atoms. The largest absolute Gasteiger partial charge is 0.379 e. The quantitative estimate of drug-likeness (QED) is 0.0500. The molecule has 0 saturated carbocycles. The minimum Gasteiger partial charge on any atom is -0.379 e. The van der Waals surface area contributed by atoms with Crippen LogP contribution in [0.15, 0.2) is 12.2 Å². The summed E-state index contributed by atoms with van der Waals surface area (Å²) in [6, 6.07) is -2.26. The van der Waals surface area contributed by atoms with Crippen molar-refractivity contribution in [3.63, 3.8) is 0 Å². The van der Waals surface area contributed by atoms with Crippen molar-refractivity contribution in [2.24, 2.45) is 17.6 Å². The van der Waals surface area contributed by atoms with Crippen molar-refractivity contribution in [2.75, 3.05) is 72.5 Å². The van der Waals surface area contributed by atoms with E-state index >= 15 is 0 Å². The Balaban J connectivity index is 2.10. The minimum atomic E-state index is -0.844. The number of nitrogens with one attached hydrogen (secondary N) is 4. The van der Waals surface area contributed by atoms with Gasteiger partial charge in [0.15, 0.2) is 5.78 Å². The average Bonchev–Trinajstić information content (AvgIpc) is 3.37. The third kappa shape index (κ3) is 19.6. The van der Waals surface area contributed by atoms with Gasteiger partial charge in [-0.3, -0.25) is 33.7 Å². The molecule has 1 aliphatic rings. The number of ether oxygens (including phenoxy) is 4. The van der Waals surface area contributed by atoms with E-state index in [1.54, 1.807) is 27.7 Å². The lowest BCUT2D eigenvalue weighted by Crippen LogP contribution is -2.54. The van der Waals surface area contributed by atoms with Crippen LogP contribution in [0, 0.1) is 11.8 Å². The summed E-state index contributed by atoms with van der Waals surface area (Å²) in [7, 11) is 0. The third-order valence-corrected chi connectivity index (χ3v) is 7.08. The number of ketones is 1. The molecule has 49 heavy (non-hydrogen) atoms.